The Morgan fingerprint density at radius 1 is 1.04 bits per heavy atom. The Balaban J connectivity index is 2.27. The van der Waals surface area contributed by atoms with E-state index in [4.69, 9.17) is 9.47 Å². The van der Waals surface area contributed by atoms with E-state index in [1.165, 1.54) is 27.2 Å². The molecule has 2 aromatic rings. The van der Waals surface area contributed by atoms with Crippen LogP contribution < -0.4 is 19.5 Å². The highest BCUT2D eigenvalue weighted by Gasteiger charge is 2.16. The maximum absolute atomic E-state index is 12.5. The fraction of sp³-hybridized carbons (Fsp3) is 0.235. The number of sulfonamides is 1. The van der Waals surface area contributed by atoms with Gasteiger partial charge in [0, 0.05) is 11.8 Å². The second-order valence-electron chi connectivity index (χ2n) is 5.07. The van der Waals surface area contributed by atoms with Gasteiger partial charge in [-0.2, -0.15) is 0 Å². The zero-order valence-corrected chi connectivity index (χ0v) is 15.0. The number of anilines is 2. The Morgan fingerprint density at radius 2 is 1.72 bits per heavy atom. The van der Waals surface area contributed by atoms with Gasteiger partial charge in [0.2, 0.25) is 10.0 Å². The molecule has 2 rings (SSSR count). The molecule has 0 aromatic heterocycles. The van der Waals surface area contributed by atoms with E-state index in [0.717, 1.165) is 0 Å². The number of ether oxygens (including phenoxy) is 2. The summed E-state index contributed by atoms with van der Waals surface area (Å²) in [4.78, 5) is 12.5. The molecule has 0 spiro atoms. The maximum Gasteiger partial charge on any atom is 0.257 e. The van der Waals surface area contributed by atoms with Crippen LogP contribution in [0.2, 0.25) is 0 Å². The topological polar surface area (TPSA) is 93.7 Å². The molecule has 0 aliphatic carbocycles. The van der Waals surface area contributed by atoms with E-state index < -0.39 is 15.9 Å². The highest BCUT2D eigenvalue weighted by atomic mass is 32.2. The second kappa shape index (κ2) is 7.89. The first kappa shape index (κ1) is 18.6. The molecule has 8 heteroatoms. The molecule has 25 heavy (non-hydrogen) atoms. The van der Waals surface area contributed by atoms with Gasteiger partial charge < -0.3 is 14.8 Å². The molecule has 1 amide bonds. The monoisotopic (exact) mass is 364 g/mol. The molecular formula is C17H20N2O5S. The fourth-order valence-corrected chi connectivity index (χ4v) is 2.78. The minimum absolute atomic E-state index is 0.0847. The van der Waals surface area contributed by atoms with Crippen LogP contribution in [-0.4, -0.2) is 34.3 Å². The molecule has 0 saturated carbocycles. The minimum Gasteiger partial charge on any atom is -0.493 e. The fourth-order valence-electron chi connectivity index (χ4n) is 2.12. The van der Waals surface area contributed by atoms with Gasteiger partial charge in [-0.25, -0.2) is 8.42 Å². The van der Waals surface area contributed by atoms with Crippen LogP contribution in [0, 0.1) is 0 Å². The maximum atomic E-state index is 12.5. The summed E-state index contributed by atoms with van der Waals surface area (Å²) in [6.45, 7) is 1.52. The van der Waals surface area contributed by atoms with Gasteiger partial charge in [-0.05, 0) is 31.2 Å². The standard InChI is InChI=1S/C17H20N2O5S/c1-4-25(21,22)19-14-8-6-5-7-13(14)17(20)18-12-9-10-15(23-2)16(11-12)24-3/h5-11,19H,4H2,1-3H3,(H,18,20). The predicted octanol–water partition coefficient (Wildman–Crippen LogP) is 2.72. The van der Waals surface area contributed by atoms with Crippen LogP contribution in [0.3, 0.4) is 0 Å². The molecular weight excluding hydrogens is 344 g/mol. The molecule has 0 aliphatic rings. The molecule has 0 bridgehead atoms. The van der Waals surface area contributed by atoms with Crippen molar-refractivity contribution in [2.45, 2.75) is 6.92 Å². The van der Waals surface area contributed by atoms with E-state index in [-0.39, 0.29) is 17.0 Å². The SMILES string of the molecule is CCS(=O)(=O)Nc1ccccc1C(=O)Nc1ccc(OC)c(OC)c1. The van der Waals surface area contributed by atoms with Gasteiger partial charge >= 0.3 is 0 Å². The summed E-state index contributed by atoms with van der Waals surface area (Å²) in [6, 6.07) is 11.3. The Kier molecular flexibility index (Phi) is 5.87. The molecule has 2 N–H and O–H groups in total. The zero-order valence-electron chi connectivity index (χ0n) is 14.2. The average molecular weight is 364 g/mol. The van der Waals surface area contributed by atoms with Crippen molar-refractivity contribution >= 4 is 27.3 Å². The van der Waals surface area contributed by atoms with Gasteiger partial charge in [0.1, 0.15) is 0 Å². The van der Waals surface area contributed by atoms with Crippen molar-refractivity contribution in [2.24, 2.45) is 0 Å². The number of methoxy groups -OCH3 is 2. The Hall–Kier alpha value is -2.74. The summed E-state index contributed by atoms with van der Waals surface area (Å²) in [7, 11) is -0.469. The van der Waals surface area contributed by atoms with Crippen LogP contribution in [0.1, 0.15) is 17.3 Å². The number of carbonyl (C=O) groups excluding carboxylic acids is 1. The number of hydrogen-bond donors (Lipinski definition) is 2. The number of rotatable bonds is 7. The molecule has 134 valence electrons. The van der Waals surface area contributed by atoms with Crippen LogP contribution in [0.4, 0.5) is 11.4 Å². The first-order valence-corrected chi connectivity index (χ1v) is 9.18. The van der Waals surface area contributed by atoms with E-state index in [9.17, 15) is 13.2 Å². The molecule has 2 aromatic carbocycles. The number of amides is 1. The number of carbonyl (C=O) groups is 1. The van der Waals surface area contributed by atoms with E-state index >= 15 is 0 Å². The highest BCUT2D eigenvalue weighted by molar-refractivity contribution is 7.92. The largest absolute Gasteiger partial charge is 0.493 e. The Labute approximate surface area is 147 Å². The lowest BCUT2D eigenvalue weighted by atomic mass is 10.1. The third-order valence-corrected chi connectivity index (χ3v) is 4.75. The lowest BCUT2D eigenvalue weighted by molar-refractivity contribution is 0.102. The van der Waals surface area contributed by atoms with Gasteiger partial charge in [-0.3, -0.25) is 9.52 Å². The number of benzene rings is 2. The van der Waals surface area contributed by atoms with Gasteiger partial charge in [0.05, 0.1) is 31.2 Å². The molecule has 0 aliphatic heterocycles. The van der Waals surface area contributed by atoms with Crippen molar-refractivity contribution in [3.63, 3.8) is 0 Å². The zero-order chi connectivity index (χ0) is 18.4. The van der Waals surface area contributed by atoms with Crippen LogP contribution in [0.25, 0.3) is 0 Å². The normalized spacial score (nSPS) is 10.8. The van der Waals surface area contributed by atoms with Gasteiger partial charge in [0.15, 0.2) is 11.5 Å². The molecule has 0 heterocycles. The van der Waals surface area contributed by atoms with Crippen molar-refractivity contribution in [3.05, 3.63) is 48.0 Å². The second-order valence-corrected chi connectivity index (χ2v) is 7.09. The molecule has 0 atom stereocenters. The number of hydrogen-bond acceptors (Lipinski definition) is 5. The summed E-state index contributed by atoms with van der Waals surface area (Å²) in [6.07, 6.45) is 0. The summed E-state index contributed by atoms with van der Waals surface area (Å²) in [5.74, 6) is 0.483. The molecule has 0 fully saturated rings. The van der Waals surface area contributed by atoms with Gasteiger partial charge in [-0.1, -0.05) is 12.1 Å². The summed E-state index contributed by atoms with van der Waals surface area (Å²) in [5, 5.41) is 2.72. The lowest BCUT2D eigenvalue weighted by Gasteiger charge is -2.13. The average Bonchev–Trinajstić information content (AvgIpc) is 2.61. The van der Waals surface area contributed by atoms with Crippen molar-refractivity contribution in [1.82, 2.24) is 0 Å². The van der Waals surface area contributed by atoms with E-state index in [1.807, 2.05) is 0 Å². The van der Waals surface area contributed by atoms with E-state index in [1.54, 1.807) is 36.4 Å². The lowest BCUT2D eigenvalue weighted by Crippen LogP contribution is -2.19. The molecule has 0 radical (unpaired) electrons. The molecule has 0 saturated heterocycles. The quantitative estimate of drug-likeness (QED) is 0.788. The number of nitrogens with one attached hydrogen (secondary N) is 2. The molecule has 0 unspecified atom stereocenters. The van der Waals surface area contributed by atoms with Crippen molar-refractivity contribution < 1.29 is 22.7 Å². The first-order valence-electron chi connectivity index (χ1n) is 7.53. The van der Waals surface area contributed by atoms with Crippen molar-refractivity contribution in [2.75, 3.05) is 30.0 Å². The summed E-state index contributed by atoms with van der Waals surface area (Å²) in [5.41, 5.74) is 0.937. The smallest absolute Gasteiger partial charge is 0.257 e. The van der Waals surface area contributed by atoms with Crippen LogP contribution in [-0.2, 0) is 10.0 Å². The first-order chi connectivity index (χ1) is 11.9. The minimum atomic E-state index is -3.49. The van der Waals surface area contributed by atoms with Crippen LogP contribution in [0.5, 0.6) is 11.5 Å². The summed E-state index contributed by atoms with van der Waals surface area (Å²) < 4.78 is 36.3. The van der Waals surface area contributed by atoms with E-state index in [2.05, 4.69) is 10.0 Å². The van der Waals surface area contributed by atoms with Crippen molar-refractivity contribution in [3.8, 4) is 11.5 Å². The third kappa shape index (κ3) is 4.63. The van der Waals surface area contributed by atoms with Crippen LogP contribution >= 0.6 is 0 Å². The highest BCUT2D eigenvalue weighted by Crippen LogP contribution is 2.30. The predicted molar refractivity (Wildman–Crippen MR) is 97.0 cm³/mol. The molecule has 7 nitrogen and oxygen atoms in total. The van der Waals surface area contributed by atoms with Crippen LogP contribution in [0.15, 0.2) is 42.5 Å². The van der Waals surface area contributed by atoms with E-state index in [0.29, 0.717) is 17.2 Å². The van der Waals surface area contributed by atoms with Crippen molar-refractivity contribution in [1.29, 1.82) is 0 Å². The van der Waals surface area contributed by atoms with Gasteiger partial charge in [0.25, 0.3) is 5.91 Å². The third-order valence-electron chi connectivity index (χ3n) is 3.46. The Bertz CT molecular complexity index is 865. The Morgan fingerprint density at radius 3 is 2.36 bits per heavy atom. The van der Waals surface area contributed by atoms with Gasteiger partial charge in [-0.15, -0.1) is 0 Å². The number of para-hydroxylation sites is 1. The summed E-state index contributed by atoms with van der Waals surface area (Å²) >= 11 is 0.